The molecule has 0 amide bonds. The van der Waals surface area contributed by atoms with Gasteiger partial charge < -0.3 is 13.4 Å². The summed E-state index contributed by atoms with van der Waals surface area (Å²) in [5, 5.41) is 8.08. The highest BCUT2D eigenvalue weighted by Crippen LogP contribution is 2.36. The summed E-state index contributed by atoms with van der Waals surface area (Å²) in [4.78, 5) is 0. The maximum atomic E-state index is 6.43. The number of rotatable bonds is 1. The molecular formula is C41H24BrCl4NO2. The number of benzene rings is 6. The number of halogens is 5. The van der Waals surface area contributed by atoms with Crippen LogP contribution in [-0.2, 0) is 6.42 Å². The van der Waals surface area contributed by atoms with Crippen molar-refractivity contribution in [3.05, 3.63) is 163 Å². The van der Waals surface area contributed by atoms with Crippen LogP contribution in [-0.4, -0.2) is 4.57 Å². The number of hydrogen-bond acceptors (Lipinski definition) is 2. The van der Waals surface area contributed by atoms with Gasteiger partial charge in [0.05, 0.1) is 25.6 Å². The Morgan fingerprint density at radius 1 is 0.571 bits per heavy atom. The van der Waals surface area contributed by atoms with Gasteiger partial charge in [0.25, 0.3) is 0 Å². The zero-order valence-electron chi connectivity index (χ0n) is 25.6. The van der Waals surface area contributed by atoms with Gasteiger partial charge in [-0.1, -0.05) is 123 Å². The van der Waals surface area contributed by atoms with Crippen LogP contribution in [0.2, 0.25) is 20.1 Å². The number of aromatic nitrogens is 1. The topological polar surface area (TPSA) is 31.2 Å². The summed E-state index contributed by atoms with van der Waals surface area (Å²) in [6.45, 7) is 0. The molecule has 0 spiro atoms. The third kappa shape index (κ3) is 6.03. The Balaban J connectivity index is 0.000000118. The average Bonchev–Trinajstić information content (AvgIpc) is 3.92. The molecule has 0 saturated heterocycles. The van der Waals surface area contributed by atoms with E-state index in [1.165, 1.54) is 16.3 Å². The van der Waals surface area contributed by atoms with Crippen molar-refractivity contribution < 1.29 is 8.83 Å². The lowest BCUT2D eigenvalue weighted by atomic mass is 10.1. The number of hydrogen-bond donors (Lipinski definition) is 0. The second kappa shape index (κ2) is 13.3. The Morgan fingerprint density at radius 2 is 1.18 bits per heavy atom. The highest BCUT2D eigenvalue weighted by Gasteiger charge is 2.13. The Labute approximate surface area is 310 Å². The van der Waals surface area contributed by atoms with Crippen LogP contribution in [0.15, 0.2) is 141 Å². The van der Waals surface area contributed by atoms with E-state index in [0.29, 0.717) is 20.1 Å². The molecule has 9 aromatic rings. The fourth-order valence-electron chi connectivity index (χ4n) is 6.22. The van der Waals surface area contributed by atoms with Crippen molar-refractivity contribution in [2.75, 3.05) is 0 Å². The first kappa shape index (κ1) is 32.1. The van der Waals surface area contributed by atoms with Gasteiger partial charge in [0.1, 0.15) is 22.3 Å². The van der Waals surface area contributed by atoms with Gasteiger partial charge in [0.2, 0.25) is 0 Å². The minimum Gasteiger partial charge on any atom is -0.456 e. The largest absolute Gasteiger partial charge is 0.456 e. The molecular weight excluding hydrogens is 760 g/mol. The summed E-state index contributed by atoms with van der Waals surface area (Å²) in [6, 6.07) is 38.1. The van der Waals surface area contributed by atoms with Crippen LogP contribution in [0.3, 0.4) is 0 Å². The van der Waals surface area contributed by atoms with Crippen molar-refractivity contribution in [2.24, 2.45) is 0 Å². The quantitative estimate of drug-likeness (QED) is 0.166. The fourth-order valence-corrected chi connectivity index (χ4v) is 7.40. The maximum Gasteiger partial charge on any atom is 0.137 e. The van der Waals surface area contributed by atoms with Gasteiger partial charge in [-0.2, -0.15) is 0 Å². The van der Waals surface area contributed by atoms with Crippen LogP contribution in [0.25, 0.3) is 66.5 Å². The van der Waals surface area contributed by atoms with E-state index in [0.717, 1.165) is 66.2 Å². The number of fused-ring (bicyclic) bond motifs is 8. The number of furan rings is 2. The van der Waals surface area contributed by atoms with Crippen LogP contribution in [0.1, 0.15) is 11.1 Å². The first-order valence-corrected chi connectivity index (χ1v) is 17.7. The van der Waals surface area contributed by atoms with E-state index in [-0.39, 0.29) is 0 Å². The monoisotopic (exact) mass is 781 g/mol. The van der Waals surface area contributed by atoms with E-state index in [1.54, 1.807) is 0 Å². The molecule has 10 rings (SSSR count). The molecule has 3 aromatic heterocycles. The van der Waals surface area contributed by atoms with Gasteiger partial charge in [-0.3, -0.25) is 0 Å². The molecule has 6 aromatic carbocycles. The molecule has 0 atom stereocenters. The van der Waals surface area contributed by atoms with Gasteiger partial charge in [-0.25, -0.2) is 0 Å². The lowest BCUT2D eigenvalue weighted by molar-refractivity contribution is 0.668. The van der Waals surface area contributed by atoms with Crippen LogP contribution < -0.4 is 0 Å². The van der Waals surface area contributed by atoms with Crippen molar-refractivity contribution in [2.45, 2.75) is 6.42 Å². The molecule has 0 saturated carbocycles. The first-order valence-electron chi connectivity index (χ1n) is 15.4. The molecule has 240 valence electrons. The highest BCUT2D eigenvalue weighted by atomic mass is 79.9. The van der Waals surface area contributed by atoms with E-state index in [4.69, 9.17) is 55.2 Å². The molecule has 0 fully saturated rings. The highest BCUT2D eigenvalue weighted by molar-refractivity contribution is 9.10. The van der Waals surface area contributed by atoms with Crippen LogP contribution in [0, 0.1) is 0 Å². The molecule has 49 heavy (non-hydrogen) atoms. The van der Waals surface area contributed by atoms with E-state index >= 15 is 0 Å². The zero-order chi connectivity index (χ0) is 33.6. The van der Waals surface area contributed by atoms with E-state index in [1.807, 2.05) is 95.7 Å². The SMILES string of the molecule is Brc1ccc2c(c1)oc1ccccc12.Clc1ccc2c(c1Cl)CC=C2.Clc1ccc2ccn(-c3ccc4c(c3)oc3ccccc34)c2c1Cl. The van der Waals surface area contributed by atoms with E-state index in [9.17, 15) is 0 Å². The third-order valence-electron chi connectivity index (χ3n) is 8.58. The van der Waals surface area contributed by atoms with Crippen molar-refractivity contribution in [1.29, 1.82) is 0 Å². The van der Waals surface area contributed by atoms with Crippen LogP contribution >= 0.6 is 62.3 Å². The average molecular weight is 784 g/mol. The predicted molar refractivity (Wildman–Crippen MR) is 211 cm³/mol. The van der Waals surface area contributed by atoms with Crippen LogP contribution in [0.4, 0.5) is 0 Å². The summed E-state index contributed by atoms with van der Waals surface area (Å²) in [7, 11) is 0. The van der Waals surface area contributed by atoms with Crippen LogP contribution in [0.5, 0.6) is 0 Å². The molecule has 0 bridgehead atoms. The van der Waals surface area contributed by atoms with Gasteiger partial charge in [-0.15, -0.1) is 0 Å². The summed E-state index contributed by atoms with van der Waals surface area (Å²) in [5.74, 6) is 0. The second-order valence-electron chi connectivity index (χ2n) is 11.5. The summed E-state index contributed by atoms with van der Waals surface area (Å²) >= 11 is 27.8. The standard InChI is InChI=1S/C20H11Cl2NO.C12H7BrO.C9H6Cl2/c21-16-8-5-12-9-10-23(20(12)19(16)22)13-6-7-15-14-3-1-2-4-17(14)24-18(15)11-13;13-8-5-6-10-9-3-1-2-4-11(9)14-12(10)7-8;10-8-5-4-6-2-1-3-7(6)9(8)11/h1-11H;1-7H;1-2,4-5H,3H2. The first-order chi connectivity index (χ1) is 23.9. The maximum absolute atomic E-state index is 6.43. The summed E-state index contributed by atoms with van der Waals surface area (Å²) in [5.41, 5.74) is 7.86. The minimum absolute atomic E-state index is 0.550. The Hall–Kier alpha value is -4.16. The number of allylic oxidation sites excluding steroid dienone is 1. The zero-order valence-corrected chi connectivity index (χ0v) is 30.2. The molecule has 1 aliphatic carbocycles. The lowest BCUT2D eigenvalue weighted by Crippen LogP contribution is -1.92. The molecule has 0 unspecified atom stereocenters. The normalized spacial score (nSPS) is 12.0. The van der Waals surface area contributed by atoms with Gasteiger partial charge in [0, 0.05) is 49.4 Å². The van der Waals surface area contributed by atoms with Crippen molar-refractivity contribution in [1.82, 2.24) is 4.57 Å². The second-order valence-corrected chi connectivity index (χ2v) is 14.0. The molecule has 3 nitrogen and oxygen atoms in total. The van der Waals surface area contributed by atoms with E-state index < -0.39 is 0 Å². The lowest BCUT2D eigenvalue weighted by Gasteiger charge is -2.07. The Bertz CT molecular complexity index is 2720. The van der Waals surface area contributed by atoms with Crippen molar-refractivity contribution in [3.63, 3.8) is 0 Å². The molecule has 8 heteroatoms. The molecule has 1 aliphatic rings. The molecule has 3 heterocycles. The molecule has 0 N–H and O–H groups in total. The predicted octanol–water partition coefficient (Wildman–Crippen LogP) is 14.7. The van der Waals surface area contributed by atoms with Gasteiger partial charge >= 0.3 is 0 Å². The van der Waals surface area contributed by atoms with Crippen molar-refractivity contribution >= 4 is 123 Å². The van der Waals surface area contributed by atoms with Gasteiger partial charge in [0.15, 0.2) is 0 Å². The number of para-hydroxylation sites is 2. The Kier molecular flexibility index (Phi) is 8.69. The Morgan fingerprint density at radius 3 is 1.92 bits per heavy atom. The smallest absolute Gasteiger partial charge is 0.137 e. The number of nitrogens with zero attached hydrogens (tertiary/aromatic N) is 1. The molecule has 0 aliphatic heterocycles. The third-order valence-corrected chi connectivity index (χ3v) is 10.7. The summed E-state index contributed by atoms with van der Waals surface area (Å²) < 4.78 is 14.8. The molecule has 0 radical (unpaired) electrons. The van der Waals surface area contributed by atoms with E-state index in [2.05, 4.69) is 58.4 Å². The van der Waals surface area contributed by atoms with Gasteiger partial charge in [-0.05, 0) is 78.2 Å². The van der Waals surface area contributed by atoms with Crippen molar-refractivity contribution in [3.8, 4) is 5.69 Å². The summed E-state index contributed by atoms with van der Waals surface area (Å²) in [6.07, 6.45) is 7.07. The minimum atomic E-state index is 0.550. The fraction of sp³-hybridized carbons (Fsp3) is 0.0244.